The van der Waals surface area contributed by atoms with E-state index in [0.29, 0.717) is 12.3 Å². The smallest absolute Gasteiger partial charge is 0.387 e. The minimum absolute atomic E-state index is 0.101. The van der Waals surface area contributed by atoms with Crippen LogP contribution in [0.4, 0.5) is 14.5 Å². The number of methoxy groups -OCH3 is 1. The molecule has 0 spiro atoms. The number of carbonyl (C=O) groups is 1. The van der Waals surface area contributed by atoms with Gasteiger partial charge in [-0.2, -0.15) is 8.78 Å². The molecule has 0 aliphatic heterocycles. The van der Waals surface area contributed by atoms with Gasteiger partial charge in [-0.25, -0.2) is 0 Å². The number of anilines is 1. The molecule has 2 N–H and O–H groups in total. The lowest BCUT2D eigenvalue weighted by atomic mass is 10.2. The molecular weight excluding hydrogens is 282 g/mol. The number of amides is 1. The molecule has 0 radical (unpaired) electrons. The van der Waals surface area contributed by atoms with Crippen LogP contribution in [0.15, 0.2) is 18.2 Å². The summed E-state index contributed by atoms with van der Waals surface area (Å²) in [5.74, 6) is 0.0405. The third-order valence-electron chi connectivity index (χ3n) is 2.58. The van der Waals surface area contributed by atoms with Gasteiger partial charge < -0.3 is 20.1 Å². The fourth-order valence-electron chi connectivity index (χ4n) is 1.62. The molecule has 0 fully saturated rings. The Labute approximate surface area is 122 Å². The van der Waals surface area contributed by atoms with Crippen LogP contribution in [-0.2, 0) is 4.79 Å². The summed E-state index contributed by atoms with van der Waals surface area (Å²) in [5, 5.41) is 5.64. The van der Waals surface area contributed by atoms with Crippen molar-refractivity contribution in [2.24, 2.45) is 0 Å². The molecule has 118 valence electrons. The van der Waals surface area contributed by atoms with Gasteiger partial charge in [-0.15, -0.1) is 0 Å². The molecule has 0 aromatic heterocycles. The van der Waals surface area contributed by atoms with Crippen molar-refractivity contribution in [3.05, 3.63) is 18.2 Å². The van der Waals surface area contributed by atoms with Crippen molar-refractivity contribution in [1.82, 2.24) is 5.32 Å². The van der Waals surface area contributed by atoms with Gasteiger partial charge in [0.1, 0.15) is 11.5 Å². The number of ether oxygens (including phenoxy) is 2. The van der Waals surface area contributed by atoms with Crippen LogP contribution in [0.3, 0.4) is 0 Å². The lowest BCUT2D eigenvalue weighted by molar-refractivity contribution is -0.116. The summed E-state index contributed by atoms with van der Waals surface area (Å²) in [6, 6.07) is 4.51. The third-order valence-corrected chi connectivity index (χ3v) is 2.58. The lowest BCUT2D eigenvalue weighted by Crippen LogP contribution is -2.27. The van der Waals surface area contributed by atoms with Crippen LogP contribution in [0.5, 0.6) is 11.5 Å². The van der Waals surface area contributed by atoms with Crippen LogP contribution in [0.25, 0.3) is 0 Å². The largest absolute Gasteiger partial charge is 0.497 e. The number of rotatable bonds is 8. The SMILES string of the molecule is COc1ccc(OC(F)F)c(NC(=O)CCNC(C)C)c1. The van der Waals surface area contributed by atoms with E-state index < -0.39 is 6.61 Å². The van der Waals surface area contributed by atoms with Gasteiger partial charge in [0.25, 0.3) is 0 Å². The van der Waals surface area contributed by atoms with Crippen LogP contribution >= 0.6 is 0 Å². The van der Waals surface area contributed by atoms with Crippen molar-refractivity contribution >= 4 is 11.6 Å². The fraction of sp³-hybridized carbons (Fsp3) is 0.500. The van der Waals surface area contributed by atoms with E-state index in [2.05, 4.69) is 15.4 Å². The van der Waals surface area contributed by atoms with Crippen LogP contribution in [0, 0.1) is 0 Å². The van der Waals surface area contributed by atoms with E-state index in [1.54, 1.807) is 0 Å². The maximum Gasteiger partial charge on any atom is 0.387 e. The van der Waals surface area contributed by atoms with Crippen molar-refractivity contribution in [2.75, 3.05) is 19.0 Å². The number of hydrogen-bond donors (Lipinski definition) is 2. The lowest BCUT2D eigenvalue weighted by Gasteiger charge is -2.13. The second kappa shape index (κ2) is 8.41. The van der Waals surface area contributed by atoms with Gasteiger partial charge in [0, 0.05) is 25.1 Å². The highest BCUT2D eigenvalue weighted by atomic mass is 19.3. The van der Waals surface area contributed by atoms with E-state index >= 15 is 0 Å². The molecule has 1 amide bonds. The van der Waals surface area contributed by atoms with Crippen molar-refractivity contribution in [3.63, 3.8) is 0 Å². The Morgan fingerprint density at radius 3 is 2.62 bits per heavy atom. The summed E-state index contributed by atoms with van der Waals surface area (Å²) in [4.78, 5) is 11.8. The van der Waals surface area contributed by atoms with Crippen molar-refractivity contribution in [2.45, 2.75) is 32.9 Å². The average Bonchev–Trinajstić information content (AvgIpc) is 2.39. The zero-order chi connectivity index (χ0) is 15.8. The van der Waals surface area contributed by atoms with Gasteiger partial charge in [0.2, 0.25) is 5.91 Å². The van der Waals surface area contributed by atoms with E-state index in [1.807, 2.05) is 13.8 Å². The zero-order valence-electron chi connectivity index (χ0n) is 12.3. The molecule has 0 saturated heterocycles. The van der Waals surface area contributed by atoms with E-state index in [4.69, 9.17) is 4.74 Å². The number of alkyl halides is 2. The third kappa shape index (κ3) is 6.40. The average molecular weight is 302 g/mol. The molecule has 0 bridgehead atoms. The van der Waals surface area contributed by atoms with Crippen LogP contribution < -0.4 is 20.1 Å². The molecule has 5 nitrogen and oxygen atoms in total. The molecule has 0 saturated carbocycles. The Bertz CT molecular complexity index is 468. The topological polar surface area (TPSA) is 59.6 Å². The van der Waals surface area contributed by atoms with Gasteiger partial charge in [-0.3, -0.25) is 4.79 Å². The predicted octanol–water partition coefficient (Wildman–Crippen LogP) is 2.62. The first-order valence-corrected chi connectivity index (χ1v) is 6.58. The van der Waals surface area contributed by atoms with Crippen molar-refractivity contribution in [3.8, 4) is 11.5 Å². The number of carbonyl (C=O) groups excluding carboxylic acids is 1. The van der Waals surface area contributed by atoms with E-state index in [9.17, 15) is 13.6 Å². The first-order valence-electron chi connectivity index (χ1n) is 6.58. The normalized spacial score (nSPS) is 10.8. The number of halogens is 2. The maximum atomic E-state index is 12.3. The second-order valence-electron chi connectivity index (χ2n) is 4.65. The Morgan fingerprint density at radius 1 is 1.33 bits per heavy atom. The summed E-state index contributed by atoms with van der Waals surface area (Å²) < 4.78 is 34.0. The van der Waals surface area contributed by atoms with Crippen LogP contribution in [-0.4, -0.2) is 32.2 Å². The quantitative estimate of drug-likeness (QED) is 0.775. The Hall–Kier alpha value is -1.89. The van der Waals surface area contributed by atoms with E-state index in [-0.39, 0.29) is 29.8 Å². The first kappa shape index (κ1) is 17.2. The van der Waals surface area contributed by atoms with Gasteiger partial charge in [-0.1, -0.05) is 13.8 Å². The molecule has 1 aromatic rings. The minimum Gasteiger partial charge on any atom is -0.497 e. The van der Waals surface area contributed by atoms with Crippen molar-refractivity contribution < 1.29 is 23.0 Å². The maximum absolute atomic E-state index is 12.3. The molecule has 0 atom stereocenters. The molecule has 21 heavy (non-hydrogen) atoms. The Balaban J connectivity index is 2.72. The molecule has 1 rings (SSSR count). The number of hydrogen-bond acceptors (Lipinski definition) is 4. The van der Waals surface area contributed by atoms with E-state index in [1.165, 1.54) is 25.3 Å². The molecule has 0 unspecified atom stereocenters. The van der Waals surface area contributed by atoms with Gasteiger partial charge >= 0.3 is 6.61 Å². The number of benzene rings is 1. The van der Waals surface area contributed by atoms with Gasteiger partial charge in [0.15, 0.2) is 0 Å². The van der Waals surface area contributed by atoms with Crippen molar-refractivity contribution in [1.29, 1.82) is 0 Å². The second-order valence-corrected chi connectivity index (χ2v) is 4.65. The standard InChI is InChI=1S/C14H20F2N2O3/c1-9(2)17-7-6-13(19)18-11-8-10(20-3)4-5-12(11)21-14(15)16/h4-5,8-9,14,17H,6-7H2,1-3H3,(H,18,19). The molecule has 0 heterocycles. The molecule has 1 aromatic carbocycles. The fourth-order valence-corrected chi connectivity index (χ4v) is 1.62. The Morgan fingerprint density at radius 2 is 2.05 bits per heavy atom. The highest BCUT2D eigenvalue weighted by molar-refractivity contribution is 5.92. The molecular formula is C14H20F2N2O3. The van der Waals surface area contributed by atoms with Crippen LogP contribution in [0.2, 0.25) is 0 Å². The Kier molecular flexibility index (Phi) is 6.87. The minimum atomic E-state index is -2.96. The number of nitrogens with one attached hydrogen (secondary N) is 2. The zero-order valence-corrected chi connectivity index (χ0v) is 12.3. The van der Waals surface area contributed by atoms with Crippen LogP contribution in [0.1, 0.15) is 20.3 Å². The summed E-state index contributed by atoms with van der Waals surface area (Å²) >= 11 is 0. The predicted molar refractivity (Wildman–Crippen MR) is 76.0 cm³/mol. The highest BCUT2D eigenvalue weighted by Gasteiger charge is 2.13. The summed E-state index contributed by atoms with van der Waals surface area (Å²) in [6.45, 7) is 1.47. The molecule has 7 heteroatoms. The molecule has 0 aliphatic rings. The first-order chi connectivity index (χ1) is 9.92. The highest BCUT2D eigenvalue weighted by Crippen LogP contribution is 2.30. The summed E-state index contributed by atoms with van der Waals surface area (Å²) in [7, 11) is 1.45. The molecule has 0 aliphatic carbocycles. The van der Waals surface area contributed by atoms with E-state index in [0.717, 1.165) is 0 Å². The monoisotopic (exact) mass is 302 g/mol. The summed E-state index contributed by atoms with van der Waals surface area (Å²) in [5.41, 5.74) is 0.157. The van der Waals surface area contributed by atoms with Gasteiger partial charge in [-0.05, 0) is 12.1 Å². The van der Waals surface area contributed by atoms with Gasteiger partial charge in [0.05, 0.1) is 12.8 Å². The summed E-state index contributed by atoms with van der Waals surface area (Å²) in [6.07, 6.45) is 0.226.